The summed E-state index contributed by atoms with van der Waals surface area (Å²) in [7, 11) is 0. The van der Waals surface area contributed by atoms with Crippen molar-refractivity contribution in [1.82, 2.24) is 5.32 Å². The van der Waals surface area contributed by atoms with Gasteiger partial charge in [-0.05, 0) is 43.0 Å². The maximum Gasteiger partial charge on any atom is 0.232 e. The molecule has 122 valence electrons. The van der Waals surface area contributed by atoms with Crippen molar-refractivity contribution >= 4 is 29.3 Å². The first-order valence-corrected chi connectivity index (χ1v) is 9.25. The quantitative estimate of drug-likeness (QED) is 0.700. The molecule has 0 aromatic heterocycles. The minimum atomic E-state index is -0.0364. The number of hydrogen-bond donors (Lipinski definition) is 1. The van der Waals surface area contributed by atoms with Crippen LogP contribution in [0.4, 0.5) is 0 Å². The van der Waals surface area contributed by atoms with Crippen LogP contribution in [0.1, 0.15) is 24.5 Å². The number of aryl methyl sites for hydroxylation is 1. The van der Waals surface area contributed by atoms with E-state index in [1.165, 1.54) is 11.1 Å². The van der Waals surface area contributed by atoms with Crippen LogP contribution in [0.5, 0.6) is 0 Å². The second kappa shape index (κ2) is 9.64. The molecule has 2 nitrogen and oxygen atoms in total. The van der Waals surface area contributed by atoms with Gasteiger partial charge in [-0.25, -0.2) is 0 Å². The SMILES string of the molecule is CC(SCc1ccccc1)C(=O)NCCCc1ccc(Cl)cc1. The number of carbonyl (C=O) groups is 1. The van der Waals surface area contributed by atoms with E-state index >= 15 is 0 Å². The fourth-order valence-electron chi connectivity index (χ4n) is 2.17. The van der Waals surface area contributed by atoms with Gasteiger partial charge in [0.25, 0.3) is 0 Å². The van der Waals surface area contributed by atoms with Crippen LogP contribution >= 0.6 is 23.4 Å². The van der Waals surface area contributed by atoms with Crippen LogP contribution in [0.15, 0.2) is 54.6 Å². The molecule has 1 atom stereocenters. The summed E-state index contributed by atoms with van der Waals surface area (Å²) >= 11 is 7.53. The van der Waals surface area contributed by atoms with E-state index in [1.807, 2.05) is 49.4 Å². The number of rotatable bonds is 8. The molecule has 1 unspecified atom stereocenters. The van der Waals surface area contributed by atoms with E-state index in [0.717, 1.165) is 23.6 Å². The van der Waals surface area contributed by atoms with Crippen molar-refractivity contribution in [2.24, 2.45) is 0 Å². The molecule has 2 aromatic carbocycles. The Labute approximate surface area is 147 Å². The van der Waals surface area contributed by atoms with Crippen molar-refractivity contribution in [2.45, 2.75) is 30.8 Å². The van der Waals surface area contributed by atoms with Crippen LogP contribution < -0.4 is 5.32 Å². The predicted octanol–water partition coefficient (Wildman–Crippen LogP) is 4.71. The number of amides is 1. The average Bonchev–Trinajstić information content (AvgIpc) is 2.59. The van der Waals surface area contributed by atoms with E-state index < -0.39 is 0 Å². The fraction of sp³-hybridized carbons (Fsp3) is 0.316. The minimum absolute atomic E-state index is 0.0364. The van der Waals surface area contributed by atoms with Crippen LogP contribution in [0.2, 0.25) is 5.02 Å². The van der Waals surface area contributed by atoms with Crippen LogP contribution in [-0.2, 0) is 17.0 Å². The fourth-order valence-corrected chi connectivity index (χ4v) is 3.17. The van der Waals surface area contributed by atoms with Crippen molar-refractivity contribution in [3.8, 4) is 0 Å². The summed E-state index contributed by atoms with van der Waals surface area (Å²) in [6, 6.07) is 18.1. The lowest BCUT2D eigenvalue weighted by molar-refractivity contribution is -0.120. The molecule has 23 heavy (non-hydrogen) atoms. The number of benzene rings is 2. The van der Waals surface area contributed by atoms with E-state index in [-0.39, 0.29) is 11.2 Å². The summed E-state index contributed by atoms with van der Waals surface area (Å²) in [5.41, 5.74) is 2.50. The molecule has 1 amide bonds. The molecule has 2 rings (SSSR count). The molecule has 0 radical (unpaired) electrons. The lowest BCUT2D eigenvalue weighted by atomic mass is 10.1. The Balaban J connectivity index is 1.63. The summed E-state index contributed by atoms with van der Waals surface area (Å²) < 4.78 is 0. The standard InChI is InChI=1S/C19H22ClNOS/c1-15(23-14-17-6-3-2-4-7-17)19(22)21-13-5-8-16-9-11-18(20)12-10-16/h2-4,6-7,9-12,15H,5,8,13-14H2,1H3,(H,21,22). The van der Waals surface area contributed by atoms with E-state index in [1.54, 1.807) is 11.8 Å². The first-order valence-electron chi connectivity index (χ1n) is 7.83. The van der Waals surface area contributed by atoms with Crippen LogP contribution in [0, 0.1) is 0 Å². The van der Waals surface area contributed by atoms with Gasteiger partial charge in [-0.1, -0.05) is 54.1 Å². The third kappa shape index (κ3) is 6.67. The van der Waals surface area contributed by atoms with Crippen molar-refractivity contribution in [2.75, 3.05) is 6.54 Å². The summed E-state index contributed by atoms with van der Waals surface area (Å²) in [6.45, 7) is 2.67. The van der Waals surface area contributed by atoms with Gasteiger partial charge in [0.1, 0.15) is 0 Å². The zero-order valence-corrected chi connectivity index (χ0v) is 14.9. The number of hydrogen-bond acceptors (Lipinski definition) is 2. The van der Waals surface area contributed by atoms with E-state index in [0.29, 0.717) is 6.54 Å². The molecule has 0 bridgehead atoms. The summed E-state index contributed by atoms with van der Waals surface area (Å²) in [4.78, 5) is 12.1. The van der Waals surface area contributed by atoms with Crippen molar-refractivity contribution in [1.29, 1.82) is 0 Å². The smallest absolute Gasteiger partial charge is 0.232 e. The Kier molecular flexibility index (Phi) is 7.50. The Bertz CT molecular complexity index is 601. The Hall–Kier alpha value is -1.45. The average molecular weight is 348 g/mol. The van der Waals surface area contributed by atoms with Gasteiger partial charge >= 0.3 is 0 Å². The number of thioether (sulfide) groups is 1. The number of carbonyl (C=O) groups excluding carboxylic acids is 1. The highest BCUT2D eigenvalue weighted by molar-refractivity contribution is 7.99. The largest absolute Gasteiger partial charge is 0.355 e. The number of nitrogens with one attached hydrogen (secondary N) is 1. The zero-order chi connectivity index (χ0) is 16.5. The maximum atomic E-state index is 12.1. The number of halogens is 1. The zero-order valence-electron chi connectivity index (χ0n) is 13.3. The molecular formula is C19H22ClNOS. The summed E-state index contributed by atoms with van der Waals surface area (Å²) in [6.07, 6.45) is 1.88. The topological polar surface area (TPSA) is 29.1 Å². The molecule has 4 heteroatoms. The van der Waals surface area contributed by atoms with Crippen LogP contribution in [0.3, 0.4) is 0 Å². The first-order chi connectivity index (χ1) is 11.1. The molecule has 0 aliphatic heterocycles. The normalized spacial score (nSPS) is 11.9. The monoisotopic (exact) mass is 347 g/mol. The molecular weight excluding hydrogens is 326 g/mol. The van der Waals surface area contributed by atoms with Crippen molar-refractivity contribution in [3.63, 3.8) is 0 Å². The van der Waals surface area contributed by atoms with E-state index in [4.69, 9.17) is 11.6 Å². The van der Waals surface area contributed by atoms with Gasteiger partial charge in [-0.15, -0.1) is 11.8 Å². The maximum absolute atomic E-state index is 12.1. The highest BCUT2D eigenvalue weighted by atomic mass is 35.5. The molecule has 0 saturated carbocycles. The highest BCUT2D eigenvalue weighted by Gasteiger charge is 2.12. The minimum Gasteiger partial charge on any atom is -0.355 e. The first kappa shape index (κ1) is 17.9. The predicted molar refractivity (Wildman–Crippen MR) is 100.0 cm³/mol. The second-order valence-electron chi connectivity index (χ2n) is 5.46. The molecule has 0 spiro atoms. The van der Waals surface area contributed by atoms with Crippen molar-refractivity contribution in [3.05, 3.63) is 70.7 Å². The van der Waals surface area contributed by atoms with E-state index in [9.17, 15) is 4.79 Å². The molecule has 0 saturated heterocycles. The Morgan fingerprint density at radius 1 is 1.09 bits per heavy atom. The molecule has 0 fully saturated rings. The Morgan fingerprint density at radius 3 is 2.48 bits per heavy atom. The lowest BCUT2D eigenvalue weighted by Crippen LogP contribution is -2.31. The molecule has 0 heterocycles. The lowest BCUT2D eigenvalue weighted by Gasteiger charge is -2.12. The summed E-state index contributed by atoms with van der Waals surface area (Å²) in [5, 5.41) is 3.73. The van der Waals surface area contributed by atoms with Gasteiger partial charge in [0, 0.05) is 17.3 Å². The van der Waals surface area contributed by atoms with Gasteiger partial charge in [0.2, 0.25) is 5.91 Å². The summed E-state index contributed by atoms with van der Waals surface area (Å²) in [5.74, 6) is 0.974. The molecule has 1 N–H and O–H groups in total. The van der Waals surface area contributed by atoms with Crippen LogP contribution in [-0.4, -0.2) is 17.7 Å². The van der Waals surface area contributed by atoms with Crippen LogP contribution in [0.25, 0.3) is 0 Å². The third-order valence-electron chi connectivity index (χ3n) is 3.57. The Morgan fingerprint density at radius 2 is 1.78 bits per heavy atom. The molecule has 2 aromatic rings. The highest BCUT2D eigenvalue weighted by Crippen LogP contribution is 2.17. The van der Waals surface area contributed by atoms with Crippen molar-refractivity contribution < 1.29 is 4.79 Å². The van der Waals surface area contributed by atoms with Gasteiger partial charge < -0.3 is 5.32 Å². The van der Waals surface area contributed by atoms with E-state index in [2.05, 4.69) is 17.4 Å². The van der Waals surface area contributed by atoms with Gasteiger partial charge in [0.05, 0.1) is 5.25 Å². The molecule has 0 aliphatic carbocycles. The molecule has 0 aliphatic rings. The van der Waals surface area contributed by atoms with Gasteiger partial charge in [0.15, 0.2) is 0 Å². The van der Waals surface area contributed by atoms with Gasteiger partial charge in [-0.3, -0.25) is 4.79 Å². The second-order valence-corrected chi connectivity index (χ2v) is 7.23. The van der Waals surface area contributed by atoms with Gasteiger partial charge in [-0.2, -0.15) is 0 Å². The third-order valence-corrected chi connectivity index (χ3v) is 5.03.